The van der Waals surface area contributed by atoms with E-state index in [2.05, 4.69) is 0 Å². The summed E-state index contributed by atoms with van der Waals surface area (Å²) in [6.07, 6.45) is 0. The van der Waals surface area contributed by atoms with Crippen LogP contribution in [0.5, 0.6) is 0 Å². The molecule has 0 saturated carbocycles. The van der Waals surface area contributed by atoms with Crippen molar-refractivity contribution in [2.45, 2.75) is 6.54 Å². The first-order valence-corrected chi connectivity index (χ1v) is 9.40. The lowest BCUT2D eigenvalue weighted by atomic mass is 10.0. The van der Waals surface area contributed by atoms with E-state index in [4.69, 9.17) is 4.74 Å². The maximum Gasteiger partial charge on any atom is 0.340 e. The van der Waals surface area contributed by atoms with Crippen LogP contribution in [0.4, 0.5) is 0 Å². The summed E-state index contributed by atoms with van der Waals surface area (Å²) < 4.78 is 5.07. The van der Waals surface area contributed by atoms with E-state index >= 15 is 0 Å². The van der Waals surface area contributed by atoms with Gasteiger partial charge in [0, 0.05) is 5.56 Å². The van der Waals surface area contributed by atoms with Crippen molar-refractivity contribution in [3.05, 3.63) is 93.7 Å². The van der Waals surface area contributed by atoms with Gasteiger partial charge in [-0.2, -0.15) is 0 Å². The fourth-order valence-corrected chi connectivity index (χ4v) is 4.12. The van der Waals surface area contributed by atoms with Crippen LogP contribution in [0.1, 0.15) is 26.4 Å². The van der Waals surface area contributed by atoms with Gasteiger partial charge in [-0.25, -0.2) is 4.79 Å². The molecule has 1 aromatic heterocycles. The molecule has 1 amide bonds. The number of esters is 1. The molecule has 0 aliphatic carbocycles. The standard InChI is InChI=1S/C22H17NO3S/c1-26-22(25)18(16-10-6-3-7-11-16)19-17-12-13-27-20(17)21(24)23(19)14-15-8-4-2-5-9-15/h2-13H,14H2,1H3/b19-18+. The number of benzene rings is 2. The molecule has 4 nitrogen and oxygen atoms in total. The smallest absolute Gasteiger partial charge is 0.340 e. The lowest BCUT2D eigenvalue weighted by molar-refractivity contribution is -0.133. The van der Waals surface area contributed by atoms with E-state index in [9.17, 15) is 9.59 Å². The zero-order valence-corrected chi connectivity index (χ0v) is 15.5. The van der Waals surface area contributed by atoms with E-state index in [0.29, 0.717) is 22.7 Å². The molecule has 0 atom stereocenters. The monoisotopic (exact) mass is 375 g/mol. The van der Waals surface area contributed by atoms with Crippen molar-refractivity contribution in [1.82, 2.24) is 4.90 Å². The second-order valence-corrected chi connectivity index (χ2v) is 7.04. The van der Waals surface area contributed by atoms with Crippen molar-refractivity contribution in [2.24, 2.45) is 0 Å². The first kappa shape index (κ1) is 17.2. The average molecular weight is 375 g/mol. The van der Waals surface area contributed by atoms with Crippen LogP contribution in [0.25, 0.3) is 11.3 Å². The third-order valence-corrected chi connectivity index (χ3v) is 5.40. The number of hydrogen-bond acceptors (Lipinski definition) is 4. The highest BCUT2D eigenvalue weighted by Crippen LogP contribution is 2.41. The largest absolute Gasteiger partial charge is 0.465 e. The summed E-state index contributed by atoms with van der Waals surface area (Å²) >= 11 is 1.39. The Labute approximate surface area is 161 Å². The Morgan fingerprint density at radius 3 is 2.33 bits per heavy atom. The number of hydrogen-bond donors (Lipinski definition) is 0. The van der Waals surface area contributed by atoms with Gasteiger partial charge in [0.05, 0.1) is 24.9 Å². The predicted molar refractivity (Wildman–Crippen MR) is 106 cm³/mol. The van der Waals surface area contributed by atoms with E-state index in [1.807, 2.05) is 72.1 Å². The van der Waals surface area contributed by atoms with Crippen molar-refractivity contribution in [2.75, 3.05) is 7.11 Å². The van der Waals surface area contributed by atoms with Gasteiger partial charge < -0.3 is 9.64 Å². The Morgan fingerprint density at radius 2 is 1.67 bits per heavy atom. The number of methoxy groups -OCH3 is 1. The number of thiophene rings is 1. The number of nitrogens with zero attached hydrogens (tertiary/aromatic N) is 1. The Bertz CT molecular complexity index is 1020. The Kier molecular flexibility index (Phi) is 4.60. The Hall–Kier alpha value is -3.18. The van der Waals surface area contributed by atoms with Crippen LogP contribution in [0.3, 0.4) is 0 Å². The van der Waals surface area contributed by atoms with Crippen molar-refractivity contribution in [3.8, 4) is 0 Å². The van der Waals surface area contributed by atoms with Gasteiger partial charge in [-0.1, -0.05) is 60.7 Å². The van der Waals surface area contributed by atoms with Crippen LogP contribution in [0.15, 0.2) is 72.1 Å². The maximum atomic E-state index is 13.1. The number of ether oxygens (including phenoxy) is 1. The molecule has 1 aliphatic rings. The fourth-order valence-electron chi connectivity index (χ4n) is 3.28. The second-order valence-electron chi connectivity index (χ2n) is 6.12. The summed E-state index contributed by atoms with van der Waals surface area (Å²) in [5.74, 6) is -0.544. The molecule has 4 rings (SSSR count). The van der Waals surface area contributed by atoms with Crippen LogP contribution in [-0.4, -0.2) is 23.9 Å². The third-order valence-electron chi connectivity index (χ3n) is 4.50. The summed E-state index contributed by atoms with van der Waals surface area (Å²) in [5, 5.41) is 1.88. The third kappa shape index (κ3) is 3.06. The van der Waals surface area contributed by atoms with Crippen LogP contribution in [-0.2, 0) is 16.1 Å². The molecule has 2 heterocycles. The molecule has 0 spiro atoms. The molecule has 0 saturated heterocycles. The van der Waals surface area contributed by atoms with Gasteiger partial charge in [-0.05, 0) is 22.6 Å². The van der Waals surface area contributed by atoms with Gasteiger partial charge in [0.25, 0.3) is 5.91 Å². The summed E-state index contributed by atoms with van der Waals surface area (Å²) in [5.41, 5.74) is 3.52. The van der Waals surface area contributed by atoms with Crippen LogP contribution in [0, 0.1) is 0 Å². The first-order valence-electron chi connectivity index (χ1n) is 8.52. The van der Waals surface area contributed by atoms with E-state index in [1.165, 1.54) is 18.4 Å². The minimum Gasteiger partial charge on any atom is -0.465 e. The first-order chi connectivity index (χ1) is 13.2. The second kappa shape index (κ2) is 7.21. The number of fused-ring (bicyclic) bond motifs is 1. The van der Waals surface area contributed by atoms with Crippen molar-refractivity contribution in [1.29, 1.82) is 0 Å². The molecule has 2 aromatic carbocycles. The minimum absolute atomic E-state index is 0.0869. The van der Waals surface area contributed by atoms with Crippen LogP contribution < -0.4 is 0 Å². The number of amides is 1. The van der Waals surface area contributed by atoms with Gasteiger partial charge in [0.15, 0.2) is 0 Å². The van der Waals surface area contributed by atoms with Crippen molar-refractivity contribution in [3.63, 3.8) is 0 Å². The lowest BCUT2D eigenvalue weighted by Gasteiger charge is -2.22. The topological polar surface area (TPSA) is 46.6 Å². The van der Waals surface area contributed by atoms with Gasteiger partial charge in [0.2, 0.25) is 0 Å². The number of carbonyl (C=O) groups excluding carboxylic acids is 2. The average Bonchev–Trinajstić information content (AvgIpc) is 3.28. The number of carbonyl (C=O) groups is 2. The highest BCUT2D eigenvalue weighted by atomic mass is 32.1. The predicted octanol–water partition coefficient (Wildman–Crippen LogP) is 4.45. The molecular weight excluding hydrogens is 358 g/mol. The molecule has 1 aliphatic heterocycles. The highest BCUT2D eigenvalue weighted by Gasteiger charge is 2.37. The number of rotatable bonds is 4. The highest BCUT2D eigenvalue weighted by molar-refractivity contribution is 7.12. The molecule has 3 aromatic rings. The normalized spacial score (nSPS) is 14.9. The lowest BCUT2D eigenvalue weighted by Crippen LogP contribution is -2.24. The fraction of sp³-hybridized carbons (Fsp3) is 0.0909. The Balaban J connectivity index is 1.93. The van der Waals surface area contributed by atoms with Crippen LogP contribution in [0.2, 0.25) is 0 Å². The summed E-state index contributed by atoms with van der Waals surface area (Å²) in [4.78, 5) is 28.1. The van der Waals surface area contributed by atoms with Crippen LogP contribution >= 0.6 is 11.3 Å². The molecule has 5 heteroatoms. The van der Waals surface area contributed by atoms with E-state index in [0.717, 1.165) is 16.7 Å². The van der Waals surface area contributed by atoms with Crippen molar-refractivity contribution >= 4 is 34.5 Å². The summed E-state index contributed by atoms with van der Waals surface area (Å²) in [7, 11) is 1.36. The van der Waals surface area contributed by atoms with Gasteiger partial charge in [0.1, 0.15) is 4.88 Å². The van der Waals surface area contributed by atoms with Gasteiger partial charge in [-0.15, -0.1) is 11.3 Å². The Morgan fingerprint density at radius 1 is 1.00 bits per heavy atom. The molecular formula is C22H17NO3S. The zero-order chi connectivity index (χ0) is 18.8. The summed E-state index contributed by atoms with van der Waals surface area (Å²) in [6.45, 7) is 0.393. The molecule has 0 radical (unpaired) electrons. The van der Waals surface area contributed by atoms with Gasteiger partial charge >= 0.3 is 5.97 Å². The quantitative estimate of drug-likeness (QED) is 0.500. The van der Waals surface area contributed by atoms with E-state index in [1.54, 1.807) is 4.90 Å². The molecule has 0 N–H and O–H groups in total. The molecule has 0 bridgehead atoms. The zero-order valence-electron chi connectivity index (χ0n) is 14.7. The van der Waals surface area contributed by atoms with E-state index in [-0.39, 0.29) is 5.91 Å². The van der Waals surface area contributed by atoms with Crippen molar-refractivity contribution < 1.29 is 14.3 Å². The maximum absolute atomic E-state index is 13.1. The van der Waals surface area contributed by atoms with E-state index < -0.39 is 5.97 Å². The molecule has 134 valence electrons. The molecule has 0 unspecified atom stereocenters. The molecule has 27 heavy (non-hydrogen) atoms. The summed E-state index contributed by atoms with van der Waals surface area (Å²) in [6, 6.07) is 21.0. The SMILES string of the molecule is COC(=O)/C(=C1\c2ccsc2C(=O)N1Cc1ccccc1)c1ccccc1. The minimum atomic E-state index is -0.457. The molecule has 0 fully saturated rings. The van der Waals surface area contributed by atoms with Gasteiger partial charge in [-0.3, -0.25) is 4.79 Å².